The van der Waals surface area contributed by atoms with Gasteiger partial charge in [0.15, 0.2) is 0 Å². The molecule has 1 N–H and O–H groups in total. The lowest BCUT2D eigenvalue weighted by atomic mass is 9.97. The number of hydrogen-bond donors (Lipinski definition) is 1. The molecule has 0 saturated carbocycles. The van der Waals surface area contributed by atoms with E-state index in [2.05, 4.69) is 96.0 Å². The van der Waals surface area contributed by atoms with E-state index in [1.807, 2.05) is 11.3 Å². The molecular formula is C29H19NOS. The van der Waals surface area contributed by atoms with Crippen molar-refractivity contribution in [2.45, 2.75) is 0 Å². The molecule has 0 bridgehead atoms. The first-order valence-corrected chi connectivity index (χ1v) is 11.6. The molecule has 0 aliphatic rings. The van der Waals surface area contributed by atoms with E-state index < -0.39 is 0 Å². The zero-order valence-corrected chi connectivity index (χ0v) is 18.3. The Labute approximate surface area is 188 Å². The third-order valence-corrected chi connectivity index (χ3v) is 7.73. The van der Waals surface area contributed by atoms with Gasteiger partial charge in [0.2, 0.25) is 0 Å². The standard InChI is InChI=1S/C29H19NOS/c1-31-25-12-6-10-21-27-26-20-9-4-5-11-23(20)30-24(26)16-22(29(27)32-28(21)25)19-14-13-17-7-2-3-8-18(17)15-19/h2-16,30H,1H3. The van der Waals surface area contributed by atoms with Crippen LogP contribution in [-0.2, 0) is 0 Å². The molecule has 0 spiro atoms. The number of H-pyrrole nitrogens is 1. The second-order valence-corrected chi connectivity index (χ2v) is 9.24. The zero-order chi connectivity index (χ0) is 21.2. The average Bonchev–Trinajstić information content (AvgIpc) is 3.41. The minimum Gasteiger partial charge on any atom is -0.495 e. The molecule has 0 amide bonds. The van der Waals surface area contributed by atoms with Crippen LogP contribution >= 0.6 is 11.3 Å². The molecule has 0 unspecified atom stereocenters. The first-order valence-electron chi connectivity index (χ1n) is 10.7. The summed E-state index contributed by atoms with van der Waals surface area (Å²) >= 11 is 1.83. The molecule has 0 saturated heterocycles. The van der Waals surface area contributed by atoms with Crippen LogP contribution in [0.1, 0.15) is 0 Å². The Kier molecular flexibility index (Phi) is 3.67. The molecule has 32 heavy (non-hydrogen) atoms. The van der Waals surface area contributed by atoms with Crippen molar-refractivity contribution in [1.29, 1.82) is 0 Å². The lowest BCUT2D eigenvalue weighted by Crippen LogP contribution is -1.82. The summed E-state index contributed by atoms with van der Waals surface area (Å²) in [7, 11) is 1.75. The number of aromatic amines is 1. The molecule has 2 nitrogen and oxygen atoms in total. The fourth-order valence-corrected chi connectivity index (χ4v) is 6.35. The van der Waals surface area contributed by atoms with Crippen molar-refractivity contribution in [3.63, 3.8) is 0 Å². The SMILES string of the molecule is COc1cccc2c1sc1c(-c3ccc4ccccc4c3)cc3[nH]c4ccccc4c3c12. The van der Waals surface area contributed by atoms with Gasteiger partial charge in [-0.25, -0.2) is 0 Å². The second-order valence-electron chi connectivity index (χ2n) is 8.22. The average molecular weight is 430 g/mol. The minimum absolute atomic E-state index is 0.932. The minimum atomic E-state index is 0.932. The normalized spacial score (nSPS) is 11.9. The Balaban J connectivity index is 1.70. The zero-order valence-electron chi connectivity index (χ0n) is 17.5. The van der Waals surface area contributed by atoms with Crippen molar-refractivity contribution in [1.82, 2.24) is 4.98 Å². The smallest absolute Gasteiger partial charge is 0.136 e. The van der Waals surface area contributed by atoms with Gasteiger partial charge < -0.3 is 9.72 Å². The van der Waals surface area contributed by atoms with Gasteiger partial charge in [-0.1, -0.05) is 66.7 Å². The fourth-order valence-electron chi connectivity index (χ4n) is 5.01. The van der Waals surface area contributed by atoms with E-state index in [0.717, 1.165) is 5.75 Å². The molecule has 0 atom stereocenters. The summed E-state index contributed by atoms with van der Waals surface area (Å²) in [5, 5.41) is 7.63. The van der Waals surface area contributed by atoms with Crippen LogP contribution in [-0.4, -0.2) is 12.1 Å². The first-order chi connectivity index (χ1) is 15.8. The van der Waals surface area contributed by atoms with E-state index in [9.17, 15) is 0 Å². The second kappa shape index (κ2) is 6.59. The van der Waals surface area contributed by atoms with E-state index in [1.54, 1.807) is 7.11 Å². The first kappa shape index (κ1) is 17.8. The quantitative estimate of drug-likeness (QED) is 0.293. The van der Waals surface area contributed by atoms with Gasteiger partial charge in [0.1, 0.15) is 5.75 Å². The van der Waals surface area contributed by atoms with E-state index in [0.29, 0.717) is 0 Å². The van der Waals surface area contributed by atoms with Crippen LogP contribution in [0.5, 0.6) is 5.75 Å². The Morgan fingerprint density at radius 2 is 1.47 bits per heavy atom. The van der Waals surface area contributed by atoms with Crippen LogP contribution in [0.25, 0.3) is 63.9 Å². The van der Waals surface area contributed by atoms with Crippen LogP contribution in [0.4, 0.5) is 0 Å². The summed E-state index contributed by atoms with van der Waals surface area (Å²) in [6, 6.07) is 32.6. The molecule has 0 fully saturated rings. The molecule has 0 aliphatic heterocycles. The van der Waals surface area contributed by atoms with Gasteiger partial charge in [-0.15, -0.1) is 11.3 Å². The van der Waals surface area contributed by atoms with Gasteiger partial charge in [0, 0.05) is 42.8 Å². The van der Waals surface area contributed by atoms with Crippen molar-refractivity contribution >= 4 is 64.1 Å². The number of fused-ring (bicyclic) bond motifs is 8. The summed E-state index contributed by atoms with van der Waals surface area (Å²) in [5.41, 5.74) is 4.83. The molecule has 0 aliphatic carbocycles. The molecule has 152 valence electrons. The Hall–Kier alpha value is -3.82. The molecule has 2 aromatic heterocycles. The lowest BCUT2D eigenvalue weighted by molar-refractivity contribution is 0.420. The van der Waals surface area contributed by atoms with Crippen LogP contribution in [0.15, 0.2) is 91.0 Å². The van der Waals surface area contributed by atoms with Crippen molar-refractivity contribution in [3.05, 3.63) is 91.0 Å². The molecule has 5 aromatic carbocycles. The molecule has 7 rings (SSSR count). The summed E-state index contributed by atoms with van der Waals surface area (Å²) < 4.78 is 8.25. The summed E-state index contributed by atoms with van der Waals surface area (Å²) in [5.74, 6) is 0.932. The molecule has 2 heterocycles. The number of para-hydroxylation sites is 1. The van der Waals surface area contributed by atoms with Gasteiger partial charge in [-0.05, 0) is 40.6 Å². The Morgan fingerprint density at radius 1 is 0.656 bits per heavy atom. The molecule has 3 heteroatoms. The van der Waals surface area contributed by atoms with Gasteiger partial charge in [0.05, 0.1) is 11.8 Å². The molecule has 0 radical (unpaired) electrons. The van der Waals surface area contributed by atoms with Gasteiger partial charge in [-0.2, -0.15) is 0 Å². The number of hydrogen-bond acceptors (Lipinski definition) is 2. The lowest BCUT2D eigenvalue weighted by Gasteiger charge is -2.08. The van der Waals surface area contributed by atoms with Crippen molar-refractivity contribution < 1.29 is 4.74 Å². The molecular weight excluding hydrogens is 410 g/mol. The number of nitrogens with one attached hydrogen (secondary N) is 1. The maximum atomic E-state index is 5.74. The van der Waals surface area contributed by atoms with Gasteiger partial charge in [0.25, 0.3) is 0 Å². The summed E-state index contributed by atoms with van der Waals surface area (Å²) in [6.07, 6.45) is 0. The van der Waals surface area contributed by atoms with E-state index >= 15 is 0 Å². The highest BCUT2D eigenvalue weighted by Gasteiger charge is 2.19. The number of ether oxygens (including phenoxy) is 1. The third-order valence-electron chi connectivity index (χ3n) is 6.48. The predicted octanol–water partition coefficient (Wildman–Crippen LogP) is 8.52. The number of benzene rings is 5. The summed E-state index contributed by atoms with van der Waals surface area (Å²) in [4.78, 5) is 3.67. The van der Waals surface area contributed by atoms with Crippen LogP contribution in [0, 0.1) is 0 Å². The highest BCUT2D eigenvalue weighted by atomic mass is 32.1. The fraction of sp³-hybridized carbons (Fsp3) is 0.0345. The van der Waals surface area contributed by atoms with E-state index in [-0.39, 0.29) is 0 Å². The van der Waals surface area contributed by atoms with Gasteiger partial charge in [-0.3, -0.25) is 0 Å². The van der Waals surface area contributed by atoms with Crippen LogP contribution < -0.4 is 4.74 Å². The Morgan fingerprint density at radius 3 is 2.38 bits per heavy atom. The number of methoxy groups -OCH3 is 1. The van der Waals surface area contributed by atoms with Gasteiger partial charge >= 0.3 is 0 Å². The third kappa shape index (κ3) is 2.40. The summed E-state index contributed by atoms with van der Waals surface area (Å²) in [6.45, 7) is 0. The Bertz CT molecular complexity index is 1820. The number of aromatic nitrogens is 1. The number of rotatable bonds is 2. The van der Waals surface area contributed by atoms with Crippen molar-refractivity contribution in [2.24, 2.45) is 0 Å². The van der Waals surface area contributed by atoms with E-state index in [4.69, 9.17) is 4.74 Å². The maximum Gasteiger partial charge on any atom is 0.136 e. The topological polar surface area (TPSA) is 25.0 Å². The maximum absolute atomic E-state index is 5.74. The predicted molar refractivity (Wildman–Crippen MR) is 138 cm³/mol. The van der Waals surface area contributed by atoms with Crippen LogP contribution in [0.3, 0.4) is 0 Å². The largest absolute Gasteiger partial charge is 0.495 e. The monoisotopic (exact) mass is 429 g/mol. The highest BCUT2D eigenvalue weighted by Crippen LogP contribution is 2.48. The number of thiophene rings is 1. The highest BCUT2D eigenvalue weighted by molar-refractivity contribution is 7.27. The van der Waals surface area contributed by atoms with Crippen molar-refractivity contribution in [2.75, 3.05) is 7.11 Å². The molecule has 7 aromatic rings. The van der Waals surface area contributed by atoms with E-state index in [1.165, 1.54) is 63.9 Å². The van der Waals surface area contributed by atoms with Crippen molar-refractivity contribution in [3.8, 4) is 16.9 Å². The van der Waals surface area contributed by atoms with Crippen LogP contribution in [0.2, 0.25) is 0 Å².